The molecular formula is C23H23N4O4+. The first-order valence-electron chi connectivity index (χ1n) is 10.1. The number of quaternary nitrogens is 1. The number of H-pyrrole nitrogens is 2. The van der Waals surface area contributed by atoms with E-state index in [0.717, 1.165) is 44.6 Å². The van der Waals surface area contributed by atoms with Gasteiger partial charge in [0.1, 0.15) is 11.3 Å². The van der Waals surface area contributed by atoms with Crippen LogP contribution in [-0.2, 0) is 6.42 Å². The highest BCUT2D eigenvalue weighted by atomic mass is 16.5. The third-order valence-corrected chi connectivity index (χ3v) is 6.14. The Morgan fingerprint density at radius 2 is 1.84 bits per heavy atom. The van der Waals surface area contributed by atoms with E-state index in [0.29, 0.717) is 11.4 Å². The van der Waals surface area contributed by atoms with Gasteiger partial charge >= 0.3 is 5.69 Å². The normalized spacial score (nSPS) is 18.1. The summed E-state index contributed by atoms with van der Waals surface area (Å²) in [6, 6.07) is 14.3. The molecule has 0 radical (unpaired) electrons. The van der Waals surface area contributed by atoms with Crippen molar-refractivity contribution < 1.29 is 14.7 Å². The summed E-state index contributed by atoms with van der Waals surface area (Å²) >= 11 is 0. The fourth-order valence-corrected chi connectivity index (χ4v) is 4.61. The highest BCUT2D eigenvalue weighted by Gasteiger charge is 2.37. The van der Waals surface area contributed by atoms with Gasteiger partial charge in [0, 0.05) is 17.3 Å². The van der Waals surface area contributed by atoms with Crippen molar-refractivity contribution >= 4 is 10.9 Å². The molecule has 2 aromatic carbocycles. The van der Waals surface area contributed by atoms with Crippen LogP contribution in [0.3, 0.4) is 0 Å². The third kappa shape index (κ3) is 2.95. The molecule has 0 aliphatic carbocycles. The van der Waals surface area contributed by atoms with E-state index in [1.807, 2.05) is 25.2 Å². The second-order valence-corrected chi connectivity index (χ2v) is 7.87. The van der Waals surface area contributed by atoms with Crippen LogP contribution in [0.15, 0.2) is 58.1 Å². The van der Waals surface area contributed by atoms with Gasteiger partial charge in [0.2, 0.25) is 5.88 Å². The summed E-state index contributed by atoms with van der Waals surface area (Å²) in [5, 5.41) is 12.3. The third-order valence-electron chi connectivity index (χ3n) is 6.14. The minimum atomic E-state index is -0.693. The van der Waals surface area contributed by atoms with Crippen LogP contribution in [0.2, 0.25) is 0 Å². The Bertz CT molecular complexity index is 1400. The Balaban J connectivity index is 1.74. The van der Waals surface area contributed by atoms with Gasteiger partial charge in [-0.3, -0.25) is 9.78 Å². The van der Waals surface area contributed by atoms with Crippen LogP contribution in [0.5, 0.6) is 11.6 Å². The minimum Gasteiger partial charge on any atom is -0.497 e. The molecule has 5 rings (SSSR count). The van der Waals surface area contributed by atoms with E-state index >= 15 is 0 Å². The minimum absolute atomic E-state index is 0.167. The number of rotatable bonds is 3. The Labute approximate surface area is 177 Å². The molecule has 158 valence electrons. The number of ether oxygens (including phenoxy) is 1. The lowest BCUT2D eigenvalue weighted by Crippen LogP contribution is -3.10. The van der Waals surface area contributed by atoms with E-state index in [9.17, 15) is 14.7 Å². The maximum absolute atomic E-state index is 12.9. The van der Waals surface area contributed by atoms with Crippen LogP contribution < -0.4 is 20.9 Å². The lowest BCUT2D eigenvalue weighted by Gasteiger charge is -2.30. The Kier molecular flexibility index (Phi) is 4.44. The summed E-state index contributed by atoms with van der Waals surface area (Å²) in [6.07, 6.45) is 0.860. The van der Waals surface area contributed by atoms with Gasteiger partial charge in [-0.1, -0.05) is 18.2 Å². The van der Waals surface area contributed by atoms with Crippen LogP contribution >= 0.6 is 0 Å². The summed E-state index contributed by atoms with van der Waals surface area (Å²) in [7, 11) is 3.54. The van der Waals surface area contributed by atoms with Gasteiger partial charge < -0.3 is 19.7 Å². The number of likely N-dealkylation sites (N-methyl/N-ethyl adjacent to an activating group) is 1. The second-order valence-electron chi connectivity index (χ2n) is 7.87. The lowest BCUT2D eigenvalue weighted by atomic mass is 9.94. The number of aromatic amines is 2. The van der Waals surface area contributed by atoms with Gasteiger partial charge in [0.05, 0.1) is 32.1 Å². The monoisotopic (exact) mass is 419 g/mol. The van der Waals surface area contributed by atoms with Crippen LogP contribution in [0.1, 0.15) is 22.9 Å². The number of fused-ring (bicyclic) bond motifs is 3. The molecule has 1 aliphatic rings. The molecule has 0 amide bonds. The summed E-state index contributed by atoms with van der Waals surface area (Å²) in [4.78, 5) is 32.5. The van der Waals surface area contributed by atoms with Crippen LogP contribution in [0.4, 0.5) is 0 Å². The number of methoxy groups -OCH3 is 1. The number of hydrogen-bond acceptors (Lipinski definition) is 4. The van der Waals surface area contributed by atoms with Gasteiger partial charge in [-0.25, -0.2) is 9.36 Å². The molecular weight excluding hydrogens is 396 g/mol. The van der Waals surface area contributed by atoms with Crippen molar-refractivity contribution in [3.8, 4) is 17.3 Å². The molecule has 31 heavy (non-hydrogen) atoms. The van der Waals surface area contributed by atoms with Gasteiger partial charge in [0.15, 0.2) is 6.04 Å². The van der Waals surface area contributed by atoms with Crippen LogP contribution in [-0.4, -0.2) is 40.3 Å². The summed E-state index contributed by atoms with van der Waals surface area (Å²) in [5.41, 5.74) is 2.36. The summed E-state index contributed by atoms with van der Waals surface area (Å²) < 4.78 is 6.30. The number of hydrogen-bond donors (Lipinski definition) is 4. The molecule has 1 unspecified atom stereocenters. The predicted molar refractivity (Wildman–Crippen MR) is 116 cm³/mol. The maximum atomic E-state index is 12.9. The van der Waals surface area contributed by atoms with Crippen LogP contribution in [0.25, 0.3) is 16.6 Å². The first kappa shape index (κ1) is 19.2. The van der Waals surface area contributed by atoms with Crippen molar-refractivity contribution in [3.63, 3.8) is 0 Å². The number of para-hydroxylation sites is 1. The Morgan fingerprint density at radius 3 is 2.58 bits per heavy atom. The molecule has 0 saturated carbocycles. The van der Waals surface area contributed by atoms with Crippen molar-refractivity contribution in [3.05, 3.63) is 86.2 Å². The lowest BCUT2D eigenvalue weighted by molar-refractivity contribution is -0.908. The smallest absolute Gasteiger partial charge is 0.335 e. The van der Waals surface area contributed by atoms with Gasteiger partial charge in [-0.2, -0.15) is 0 Å². The van der Waals surface area contributed by atoms with Crippen molar-refractivity contribution in [1.82, 2.24) is 14.5 Å². The van der Waals surface area contributed by atoms with Crippen molar-refractivity contribution in [2.24, 2.45) is 0 Å². The van der Waals surface area contributed by atoms with E-state index in [4.69, 9.17) is 4.74 Å². The fourth-order valence-electron chi connectivity index (χ4n) is 4.61. The molecule has 0 fully saturated rings. The maximum Gasteiger partial charge on any atom is 0.335 e. The van der Waals surface area contributed by atoms with E-state index in [-0.39, 0.29) is 11.4 Å². The highest BCUT2D eigenvalue weighted by Crippen LogP contribution is 2.33. The largest absolute Gasteiger partial charge is 0.497 e. The molecule has 8 nitrogen and oxygen atoms in total. The second kappa shape index (κ2) is 7.17. The standard InChI is InChI=1S/C23H22N4O4/c1-26-12-11-16-15-5-3-4-6-17(15)24-19(16)20(26)18-21(28)25-23(30)27(22(18)29)13-7-9-14(31-2)10-8-13/h3-10,20,24,29H,11-12H2,1-2H3,(H,25,28,30)/p+1/t20-/m1/s1. The average molecular weight is 419 g/mol. The zero-order chi connectivity index (χ0) is 21.7. The average Bonchev–Trinajstić information content (AvgIpc) is 3.14. The van der Waals surface area contributed by atoms with Crippen molar-refractivity contribution in [1.29, 1.82) is 0 Å². The molecule has 1 aliphatic heterocycles. The number of aromatic hydroxyl groups is 1. The zero-order valence-electron chi connectivity index (χ0n) is 17.2. The number of nitrogens with one attached hydrogen (secondary N) is 3. The first-order chi connectivity index (χ1) is 15.0. The molecule has 2 aromatic heterocycles. The quantitative estimate of drug-likeness (QED) is 0.396. The van der Waals surface area contributed by atoms with E-state index < -0.39 is 17.3 Å². The van der Waals surface area contributed by atoms with Crippen LogP contribution in [0, 0.1) is 0 Å². The van der Waals surface area contributed by atoms with E-state index in [1.54, 1.807) is 31.4 Å². The Hall–Kier alpha value is -3.78. The van der Waals surface area contributed by atoms with Gasteiger partial charge in [0.25, 0.3) is 5.56 Å². The topological polar surface area (TPSA) is 105 Å². The summed E-state index contributed by atoms with van der Waals surface area (Å²) in [5.74, 6) is 0.273. The fraction of sp³-hybridized carbons (Fsp3) is 0.217. The van der Waals surface area contributed by atoms with Crippen molar-refractivity contribution in [2.45, 2.75) is 12.5 Å². The molecule has 4 aromatic rings. The predicted octanol–water partition coefficient (Wildman–Crippen LogP) is 0.881. The first-order valence-corrected chi connectivity index (χ1v) is 10.1. The molecule has 3 heterocycles. The molecule has 4 N–H and O–H groups in total. The van der Waals surface area contributed by atoms with Gasteiger partial charge in [-0.05, 0) is 35.9 Å². The van der Waals surface area contributed by atoms with Crippen molar-refractivity contribution in [2.75, 3.05) is 20.7 Å². The molecule has 8 heteroatoms. The number of aromatic nitrogens is 3. The molecule has 0 bridgehead atoms. The van der Waals surface area contributed by atoms with E-state index in [1.165, 1.54) is 0 Å². The van der Waals surface area contributed by atoms with E-state index in [2.05, 4.69) is 16.0 Å². The number of nitrogens with zero attached hydrogens (tertiary/aromatic N) is 1. The number of benzene rings is 2. The molecule has 2 atom stereocenters. The highest BCUT2D eigenvalue weighted by molar-refractivity contribution is 5.85. The zero-order valence-corrected chi connectivity index (χ0v) is 17.2. The SMILES string of the molecule is COc1ccc(-n2c(O)c([C@@H]3c4[nH]c5ccccc5c4CC[NH+]3C)c(=O)[nH]c2=O)cc1. The molecule has 0 saturated heterocycles. The van der Waals surface area contributed by atoms with Gasteiger partial charge in [-0.15, -0.1) is 0 Å². The molecule has 0 spiro atoms. The summed E-state index contributed by atoms with van der Waals surface area (Å²) in [6.45, 7) is 0.792. The Morgan fingerprint density at radius 1 is 1.10 bits per heavy atom.